The monoisotopic (exact) mass is 326 g/mol. The van der Waals surface area contributed by atoms with Gasteiger partial charge < -0.3 is 19.6 Å². The molecule has 1 atom stereocenters. The van der Waals surface area contributed by atoms with Crippen molar-refractivity contribution < 1.29 is 19.1 Å². The molecule has 0 aliphatic heterocycles. The molecule has 0 amide bonds. The summed E-state index contributed by atoms with van der Waals surface area (Å²) < 4.78 is 10.3. The van der Waals surface area contributed by atoms with Gasteiger partial charge >= 0.3 is 5.97 Å². The van der Waals surface area contributed by atoms with E-state index in [1.54, 1.807) is 19.1 Å². The third-order valence-electron chi connectivity index (χ3n) is 3.61. The lowest BCUT2D eigenvalue weighted by Gasteiger charge is -2.16. The first kappa shape index (κ1) is 16.0. The number of rotatable bonds is 6. The van der Waals surface area contributed by atoms with Crippen LogP contribution in [0.15, 0.2) is 53.3 Å². The Hall–Kier alpha value is -2.86. The lowest BCUT2D eigenvalue weighted by molar-refractivity contribution is 0.0527. The van der Waals surface area contributed by atoms with Gasteiger partial charge in [-0.25, -0.2) is 4.79 Å². The molecule has 0 radical (unpaired) electrons. The van der Waals surface area contributed by atoms with Crippen LogP contribution in [0.25, 0.3) is 10.9 Å². The number of aromatic nitrogens is 1. The molecular weight excluding hydrogens is 308 g/mol. The van der Waals surface area contributed by atoms with Crippen molar-refractivity contribution in [3.05, 3.63) is 60.2 Å². The van der Waals surface area contributed by atoms with Gasteiger partial charge in [0.1, 0.15) is 17.4 Å². The molecule has 1 aromatic carbocycles. The number of ether oxygens (including phenoxy) is 1. The summed E-state index contributed by atoms with van der Waals surface area (Å²) in [5.74, 6) is 0.00397. The van der Waals surface area contributed by atoms with Crippen LogP contribution in [-0.4, -0.2) is 29.2 Å². The van der Waals surface area contributed by atoms with Crippen LogP contribution >= 0.6 is 0 Å². The maximum absolute atomic E-state index is 12.2. The minimum Gasteiger partial charge on any atom is -0.467 e. The Labute approximate surface area is 139 Å². The van der Waals surface area contributed by atoms with Gasteiger partial charge in [0.15, 0.2) is 0 Å². The molecule has 0 saturated heterocycles. The van der Waals surface area contributed by atoms with E-state index in [-0.39, 0.29) is 13.2 Å². The first-order valence-corrected chi connectivity index (χ1v) is 7.71. The fourth-order valence-electron chi connectivity index (χ4n) is 2.48. The van der Waals surface area contributed by atoms with Crippen LogP contribution in [0, 0.1) is 0 Å². The van der Waals surface area contributed by atoms with Gasteiger partial charge in [0.05, 0.1) is 24.1 Å². The Morgan fingerprint density at radius 2 is 2.17 bits per heavy atom. The van der Waals surface area contributed by atoms with Crippen LogP contribution < -0.4 is 5.32 Å². The number of pyridine rings is 1. The zero-order valence-corrected chi connectivity index (χ0v) is 13.2. The summed E-state index contributed by atoms with van der Waals surface area (Å²) in [4.78, 5) is 16.5. The molecule has 0 saturated carbocycles. The van der Waals surface area contributed by atoms with Gasteiger partial charge in [-0.15, -0.1) is 0 Å². The van der Waals surface area contributed by atoms with E-state index < -0.39 is 12.1 Å². The number of nitrogens with zero attached hydrogens (tertiary/aromatic N) is 1. The van der Waals surface area contributed by atoms with Crippen molar-refractivity contribution in [1.29, 1.82) is 0 Å². The van der Waals surface area contributed by atoms with E-state index in [0.29, 0.717) is 17.0 Å². The number of esters is 1. The first-order chi connectivity index (χ1) is 11.7. The summed E-state index contributed by atoms with van der Waals surface area (Å²) in [6.45, 7) is 2.22. The van der Waals surface area contributed by atoms with Gasteiger partial charge in [-0.2, -0.15) is 0 Å². The summed E-state index contributed by atoms with van der Waals surface area (Å²) in [5.41, 5.74) is 1.67. The standard InChI is InChI=1S/C18H18N2O4/c1-2-23-18(22)13-10-19-14-7-4-3-6-12(14)17(13)20-11-15(21)16-8-5-9-24-16/h3-10,15,21H,2,11H2,1H3,(H,19,20). The molecule has 3 rings (SSSR count). The van der Waals surface area contributed by atoms with Crippen molar-refractivity contribution in [2.45, 2.75) is 13.0 Å². The van der Waals surface area contributed by atoms with E-state index in [2.05, 4.69) is 10.3 Å². The van der Waals surface area contributed by atoms with Crippen LogP contribution in [0.1, 0.15) is 29.1 Å². The molecule has 124 valence electrons. The molecule has 6 nitrogen and oxygen atoms in total. The Bertz CT molecular complexity index is 830. The quantitative estimate of drug-likeness (QED) is 0.677. The maximum Gasteiger partial charge on any atom is 0.341 e. The average molecular weight is 326 g/mol. The van der Waals surface area contributed by atoms with Crippen LogP contribution in [0.5, 0.6) is 0 Å². The summed E-state index contributed by atoms with van der Waals surface area (Å²) in [6.07, 6.45) is 2.16. The van der Waals surface area contributed by atoms with Crippen molar-refractivity contribution in [2.75, 3.05) is 18.5 Å². The van der Waals surface area contributed by atoms with Gasteiger partial charge in [0.25, 0.3) is 0 Å². The number of hydrogen-bond donors (Lipinski definition) is 2. The normalized spacial score (nSPS) is 12.1. The van der Waals surface area contributed by atoms with E-state index in [1.165, 1.54) is 12.5 Å². The Morgan fingerprint density at radius 1 is 1.33 bits per heavy atom. The van der Waals surface area contributed by atoms with Gasteiger partial charge in [0.2, 0.25) is 0 Å². The molecule has 0 fully saturated rings. The zero-order valence-electron chi connectivity index (χ0n) is 13.2. The number of anilines is 1. The highest BCUT2D eigenvalue weighted by molar-refractivity contribution is 6.04. The molecular formula is C18H18N2O4. The number of benzene rings is 1. The third kappa shape index (κ3) is 3.23. The van der Waals surface area contributed by atoms with E-state index in [9.17, 15) is 9.90 Å². The van der Waals surface area contributed by atoms with Gasteiger partial charge in [0, 0.05) is 18.1 Å². The number of para-hydroxylation sites is 1. The zero-order chi connectivity index (χ0) is 16.9. The number of hydrogen-bond acceptors (Lipinski definition) is 6. The number of carbonyl (C=O) groups excluding carboxylic acids is 1. The lowest BCUT2D eigenvalue weighted by Crippen LogP contribution is -2.16. The third-order valence-corrected chi connectivity index (χ3v) is 3.61. The fourth-order valence-corrected chi connectivity index (χ4v) is 2.48. The highest BCUT2D eigenvalue weighted by Crippen LogP contribution is 2.27. The second-order valence-corrected chi connectivity index (χ2v) is 5.20. The van der Waals surface area contributed by atoms with Crippen molar-refractivity contribution in [2.24, 2.45) is 0 Å². The summed E-state index contributed by atoms with van der Waals surface area (Å²) in [6, 6.07) is 10.9. The predicted molar refractivity (Wildman–Crippen MR) is 89.9 cm³/mol. The SMILES string of the molecule is CCOC(=O)c1cnc2ccccc2c1NCC(O)c1ccco1. The van der Waals surface area contributed by atoms with E-state index in [1.807, 2.05) is 24.3 Å². The minimum atomic E-state index is -0.832. The van der Waals surface area contributed by atoms with E-state index in [4.69, 9.17) is 9.15 Å². The highest BCUT2D eigenvalue weighted by atomic mass is 16.5. The van der Waals surface area contributed by atoms with Crippen molar-refractivity contribution in [3.63, 3.8) is 0 Å². The second kappa shape index (κ2) is 7.14. The molecule has 3 aromatic rings. The van der Waals surface area contributed by atoms with Gasteiger partial charge in [-0.1, -0.05) is 18.2 Å². The molecule has 24 heavy (non-hydrogen) atoms. The molecule has 0 aliphatic rings. The largest absolute Gasteiger partial charge is 0.467 e. The van der Waals surface area contributed by atoms with Crippen LogP contribution in [0.4, 0.5) is 5.69 Å². The Balaban J connectivity index is 1.93. The fraction of sp³-hybridized carbons (Fsp3) is 0.222. The number of carbonyl (C=O) groups is 1. The molecule has 6 heteroatoms. The van der Waals surface area contributed by atoms with Crippen molar-refractivity contribution in [3.8, 4) is 0 Å². The van der Waals surface area contributed by atoms with E-state index in [0.717, 1.165) is 10.9 Å². The van der Waals surface area contributed by atoms with Crippen molar-refractivity contribution in [1.82, 2.24) is 4.98 Å². The number of nitrogens with one attached hydrogen (secondary N) is 1. The number of aliphatic hydroxyl groups excluding tert-OH is 1. The van der Waals surface area contributed by atoms with Crippen molar-refractivity contribution >= 4 is 22.6 Å². The first-order valence-electron chi connectivity index (χ1n) is 7.71. The number of aliphatic hydroxyl groups is 1. The minimum absolute atomic E-state index is 0.188. The Kier molecular flexibility index (Phi) is 4.77. The molecule has 2 heterocycles. The predicted octanol–water partition coefficient (Wildman–Crippen LogP) is 3.15. The van der Waals surface area contributed by atoms with Crippen LogP contribution in [0.2, 0.25) is 0 Å². The van der Waals surface area contributed by atoms with Gasteiger partial charge in [-0.05, 0) is 25.1 Å². The second-order valence-electron chi connectivity index (χ2n) is 5.20. The van der Waals surface area contributed by atoms with E-state index >= 15 is 0 Å². The summed E-state index contributed by atoms with van der Waals surface area (Å²) >= 11 is 0. The van der Waals surface area contributed by atoms with Gasteiger partial charge in [-0.3, -0.25) is 4.98 Å². The lowest BCUT2D eigenvalue weighted by atomic mass is 10.1. The molecule has 2 N–H and O–H groups in total. The number of furan rings is 1. The van der Waals surface area contributed by atoms with Crippen LogP contribution in [0.3, 0.4) is 0 Å². The molecule has 0 spiro atoms. The topological polar surface area (TPSA) is 84.6 Å². The number of fused-ring (bicyclic) bond motifs is 1. The summed E-state index contributed by atoms with van der Waals surface area (Å²) in [5, 5.41) is 14.1. The molecule has 0 bridgehead atoms. The smallest absolute Gasteiger partial charge is 0.341 e. The average Bonchev–Trinajstić information content (AvgIpc) is 3.14. The molecule has 2 aromatic heterocycles. The Morgan fingerprint density at radius 3 is 2.92 bits per heavy atom. The highest BCUT2D eigenvalue weighted by Gasteiger charge is 2.18. The summed E-state index contributed by atoms with van der Waals surface area (Å²) in [7, 11) is 0. The van der Waals surface area contributed by atoms with Crippen LogP contribution in [-0.2, 0) is 4.74 Å². The molecule has 0 aliphatic carbocycles. The molecule has 1 unspecified atom stereocenters. The maximum atomic E-state index is 12.2.